The summed E-state index contributed by atoms with van der Waals surface area (Å²) in [6, 6.07) is 14.5. The number of nitrogens with zero attached hydrogens (tertiary/aromatic N) is 1. The molecule has 0 radical (unpaired) electrons. The monoisotopic (exact) mass is 341 g/mol. The molecule has 0 saturated carbocycles. The lowest BCUT2D eigenvalue weighted by atomic mass is 10.1. The molecule has 0 fully saturated rings. The highest BCUT2D eigenvalue weighted by Gasteiger charge is 2.12. The lowest BCUT2D eigenvalue weighted by Crippen LogP contribution is -2.38. The van der Waals surface area contributed by atoms with E-state index in [9.17, 15) is 14.7 Å². The first-order valence-electron chi connectivity index (χ1n) is 7.63. The summed E-state index contributed by atoms with van der Waals surface area (Å²) in [5.74, 6) is -1.47. The van der Waals surface area contributed by atoms with Crippen molar-refractivity contribution in [2.75, 3.05) is 13.7 Å². The molecule has 2 aromatic carbocycles. The predicted octanol–water partition coefficient (Wildman–Crippen LogP) is 1.21. The highest BCUT2D eigenvalue weighted by molar-refractivity contribution is 6.35. The maximum atomic E-state index is 11.7. The van der Waals surface area contributed by atoms with E-state index in [1.54, 1.807) is 18.2 Å². The van der Waals surface area contributed by atoms with Gasteiger partial charge in [0.2, 0.25) is 0 Å². The van der Waals surface area contributed by atoms with E-state index < -0.39 is 11.8 Å². The average molecular weight is 341 g/mol. The van der Waals surface area contributed by atoms with Crippen LogP contribution in [0.15, 0.2) is 53.6 Å². The first-order valence-corrected chi connectivity index (χ1v) is 7.63. The number of phenols is 1. The van der Waals surface area contributed by atoms with E-state index in [1.165, 1.54) is 13.3 Å². The van der Waals surface area contributed by atoms with Crippen molar-refractivity contribution in [1.29, 1.82) is 0 Å². The number of ether oxygens (including phenoxy) is 1. The first-order chi connectivity index (χ1) is 12.1. The second-order valence-electron chi connectivity index (χ2n) is 5.09. The lowest BCUT2D eigenvalue weighted by molar-refractivity contribution is -0.139. The van der Waals surface area contributed by atoms with Crippen molar-refractivity contribution in [1.82, 2.24) is 10.7 Å². The molecule has 2 amide bonds. The van der Waals surface area contributed by atoms with Crippen LogP contribution in [-0.4, -0.2) is 36.8 Å². The van der Waals surface area contributed by atoms with Crippen LogP contribution < -0.4 is 15.5 Å². The third-order valence-electron chi connectivity index (χ3n) is 3.37. The molecule has 0 unspecified atom stereocenters. The summed E-state index contributed by atoms with van der Waals surface area (Å²) in [6.45, 7) is 0.344. The van der Waals surface area contributed by atoms with Crippen molar-refractivity contribution < 1.29 is 19.4 Å². The van der Waals surface area contributed by atoms with Gasteiger partial charge in [0.05, 0.1) is 13.3 Å². The van der Waals surface area contributed by atoms with Crippen LogP contribution in [0.5, 0.6) is 11.5 Å². The number of nitrogens with one attached hydrogen (secondary N) is 2. The Morgan fingerprint density at radius 1 is 1.12 bits per heavy atom. The Kier molecular flexibility index (Phi) is 6.53. The first kappa shape index (κ1) is 18.0. The number of rotatable bonds is 6. The standard InChI is InChI=1S/C18H19N3O4/c1-25-15-9-5-8-14(16(15)22)12-20-21-18(24)17(23)19-11-10-13-6-3-2-4-7-13/h2-9,12,22H,10-11H2,1H3,(H,19,23)(H,21,24)/b20-12-. The Morgan fingerprint density at radius 3 is 2.60 bits per heavy atom. The van der Waals surface area contributed by atoms with Gasteiger partial charge in [-0.1, -0.05) is 36.4 Å². The van der Waals surface area contributed by atoms with Crippen LogP contribution in [-0.2, 0) is 16.0 Å². The Bertz CT molecular complexity index is 760. The van der Waals surface area contributed by atoms with Crippen LogP contribution in [0.3, 0.4) is 0 Å². The van der Waals surface area contributed by atoms with E-state index in [-0.39, 0.29) is 11.5 Å². The van der Waals surface area contributed by atoms with E-state index in [0.717, 1.165) is 5.56 Å². The molecular formula is C18H19N3O4. The molecule has 0 aliphatic heterocycles. The van der Waals surface area contributed by atoms with Crippen LogP contribution in [0, 0.1) is 0 Å². The average Bonchev–Trinajstić information content (AvgIpc) is 2.63. The zero-order valence-electron chi connectivity index (χ0n) is 13.7. The highest BCUT2D eigenvalue weighted by atomic mass is 16.5. The number of hydrazone groups is 1. The summed E-state index contributed by atoms with van der Waals surface area (Å²) in [5, 5.41) is 16.1. The van der Waals surface area contributed by atoms with Crippen molar-refractivity contribution in [3.8, 4) is 11.5 Å². The molecule has 0 aliphatic rings. The summed E-state index contributed by atoms with van der Waals surface area (Å²) in [5.41, 5.74) is 3.53. The normalized spacial score (nSPS) is 10.4. The third-order valence-corrected chi connectivity index (χ3v) is 3.37. The van der Waals surface area contributed by atoms with Crippen molar-refractivity contribution in [2.45, 2.75) is 6.42 Å². The molecule has 2 aromatic rings. The number of phenolic OH excluding ortho intramolecular Hbond substituents is 1. The number of hydrogen-bond donors (Lipinski definition) is 3. The Hall–Kier alpha value is -3.35. The fourth-order valence-electron chi connectivity index (χ4n) is 2.06. The molecule has 0 spiro atoms. The number of benzene rings is 2. The minimum atomic E-state index is -0.883. The van der Waals surface area contributed by atoms with Gasteiger partial charge in [-0.3, -0.25) is 9.59 Å². The summed E-state index contributed by atoms with van der Waals surface area (Å²) in [4.78, 5) is 23.3. The van der Waals surface area contributed by atoms with E-state index in [4.69, 9.17) is 4.74 Å². The van der Waals surface area contributed by atoms with Crippen LogP contribution in [0.4, 0.5) is 0 Å². The molecular weight excluding hydrogens is 322 g/mol. The zero-order valence-corrected chi connectivity index (χ0v) is 13.7. The number of carbonyl (C=O) groups is 2. The summed E-state index contributed by atoms with van der Waals surface area (Å²) in [6.07, 6.45) is 1.85. The predicted molar refractivity (Wildman–Crippen MR) is 93.6 cm³/mol. The van der Waals surface area contributed by atoms with Gasteiger partial charge in [-0.25, -0.2) is 5.43 Å². The van der Waals surface area contributed by atoms with Crippen molar-refractivity contribution in [3.63, 3.8) is 0 Å². The van der Waals surface area contributed by atoms with Crippen LogP contribution in [0.1, 0.15) is 11.1 Å². The summed E-state index contributed by atoms with van der Waals surface area (Å²) in [7, 11) is 1.43. The quantitative estimate of drug-likeness (QED) is 0.418. The fourth-order valence-corrected chi connectivity index (χ4v) is 2.06. The maximum absolute atomic E-state index is 11.7. The molecule has 0 heterocycles. The molecule has 0 saturated heterocycles. The largest absolute Gasteiger partial charge is 0.504 e. The molecule has 7 nitrogen and oxygen atoms in total. The highest BCUT2D eigenvalue weighted by Crippen LogP contribution is 2.27. The van der Waals surface area contributed by atoms with Gasteiger partial charge in [-0.05, 0) is 24.1 Å². The molecule has 0 bridgehead atoms. The maximum Gasteiger partial charge on any atom is 0.329 e. The van der Waals surface area contributed by atoms with Crippen LogP contribution in [0.2, 0.25) is 0 Å². The Balaban J connectivity index is 1.80. The Morgan fingerprint density at radius 2 is 1.88 bits per heavy atom. The number of carbonyl (C=O) groups excluding carboxylic acids is 2. The van der Waals surface area contributed by atoms with Crippen molar-refractivity contribution in [3.05, 3.63) is 59.7 Å². The van der Waals surface area contributed by atoms with Crippen LogP contribution >= 0.6 is 0 Å². The van der Waals surface area contributed by atoms with Crippen molar-refractivity contribution >= 4 is 18.0 Å². The smallest absolute Gasteiger partial charge is 0.329 e. The van der Waals surface area contributed by atoms with Gasteiger partial charge in [0, 0.05) is 12.1 Å². The zero-order chi connectivity index (χ0) is 18.1. The minimum Gasteiger partial charge on any atom is -0.504 e. The fraction of sp³-hybridized carbons (Fsp3) is 0.167. The number of methoxy groups -OCH3 is 1. The summed E-state index contributed by atoms with van der Waals surface area (Å²) >= 11 is 0. The number of para-hydroxylation sites is 1. The number of amides is 2. The van der Waals surface area contributed by atoms with E-state index >= 15 is 0 Å². The van der Waals surface area contributed by atoms with E-state index in [1.807, 2.05) is 30.3 Å². The number of hydrogen-bond acceptors (Lipinski definition) is 5. The van der Waals surface area contributed by atoms with Gasteiger partial charge in [0.1, 0.15) is 0 Å². The molecule has 2 rings (SSSR count). The van der Waals surface area contributed by atoms with Gasteiger partial charge < -0.3 is 15.2 Å². The lowest BCUT2D eigenvalue weighted by Gasteiger charge is -2.05. The Labute approximate surface area is 145 Å². The number of aromatic hydroxyl groups is 1. The van der Waals surface area contributed by atoms with Gasteiger partial charge in [0.25, 0.3) is 0 Å². The van der Waals surface area contributed by atoms with Crippen LogP contribution in [0.25, 0.3) is 0 Å². The second-order valence-corrected chi connectivity index (χ2v) is 5.09. The molecule has 0 aliphatic carbocycles. The van der Waals surface area contributed by atoms with E-state index in [0.29, 0.717) is 18.5 Å². The molecule has 0 atom stereocenters. The van der Waals surface area contributed by atoms with Gasteiger partial charge >= 0.3 is 11.8 Å². The van der Waals surface area contributed by atoms with Gasteiger partial charge in [-0.2, -0.15) is 5.10 Å². The topological polar surface area (TPSA) is 100 Å². The van der Waals surface area contributed by atoms with E-state index in [2.05, 4.69) is 15.8 Å². The molecule has 0 aromatic heterocycles. The molecule has 7 heteroatoms. The van der Waals surface area contributed by atoms with Crippen molar-refractivity contribution in [2.24, 2.45) is 5.10 Å². The van der Waals surface area contributed by atoms with Gasteiger partial charge in [0.15, 0.2) is 11.5 Å². The molecule has 130 valence electrons. The third kappa shape index (κ3) is 5.35. The van der Waals surface area contributed by atoms with Gasteiger partial charge in [-0.15, -0.1) is 0 Å². The SMILES string of the molecule is COc1cccc(/C=N\NC(=O)C(=O)NCCc2ccccc2)c1O. The molecule has 3 N–H and O–H groups in total. The summed E-state index contributed by atoms with van der Waals surface area (Å²) < 4.78 is 4.97. The second kappa shape index (κ2) is 9.07. The minimum absolute atomic E-state index is 0.102. The molecule has 25 heavy (non-hydrogen) atoms.